The first-order chi connectivity index (χ1) is 7.26. The predicted molar refractivity (Wildman–Crippen MR) is 61.2 cm³/mol. The minimum absolute atomic E-state index is 0.142. The van der Waals surface area contributed by atoms with Gasteiger partial charge in [-0.3, -0.25) is 9.88 Å². The Morgan fingerprint density at radius 2 is 2.33 bits per heavy atom. The molecule has 1 aromatic heterocycles. The highest BCUT2D eigenvalue weighted by Gasteiger charge is 2.03. The molecule has 0 unspecified atom stereocenters. The summed E-state index contributed by atoms with van der Waals surface area (Å²) in [5.74, 6) is 0. The van der Waals surface area contributed by atoms with E-state index in [0.29, 0.717) is 18.8 Å². The average molecular weight is 207 g/mol. The van der Waals surface area contributed by atoms with Crippen LogP contribution in [0.4, 0.5) is 5.69 Å². The third kappa shape index (κ3) is 4.10. The quantitative estimate of drug-likeness (QED) is 0.672. The van der Waals surface area contributed by atoms with Gasteiger partial charge in [-0.05, 0) is 12.1 Å². The van der Waals surface area contributed by atoms with E-state index in [2.05, 4.69) is 16.5 Å². The van der Waals surface area contributed by atoms with E-state index < -0.39 is 0 Å². The highest BCUT2D eigenvalue weighted by Crippen LogP contribution is 2.04. The largest absolute Gasteiger partial charge is 0.397 e. The number of pyridine rings is 1. The van der Waals surface area contributed by atoms with Crippen LogP contribution in [0.15, 0.2) is 31.0 Å². The van der Waals surface area contributed by atoms with Crippen LogP contribution in [0, 0.1) is 0 Å². The Morgan fingerprint density at radius 1 is 1.53 bits per heavy atom. The number of hydrogen-bond donors (Lipinski definition) is 2. The molecule has 0 saturated carbocycles. The van der Waals surface area contributed by atoms with Crippen molar-refractivity contribution in [3.05, 3.63) is 36.7 Å². The van der Waals surface area contributed by atoms with Gasteiger partial charge in [0.05, 0.1) is 24.2 Å². The number of nitrogens with zero attached hydrogens (tertiary/aromatic N) is 2. The summed E-state index contributed by atoms with van der Waals surface area (Å²) in [6, 6.07) is 3.72. The molecule has 0 radical (unpaired) electrons. The third-order valence-electron chi connectivity index (χ3n) is 2.04. The van der Waals surface area contributed by atoms with E-state index >= 15 is 0 Å². The van der Waals surface area contributed by atoms with Crippen molar-refractivity contribution in [1.29, 1.82) is 0 Å². The molecule has 0 bridgehead atoms. The first-order valence-corrected chi connectivity index (χ1v) is 4.90. The van der Waals surface area contributed by atoms with Gasteiger partial charge in [-0.2, -0.15) is 0 Å². The normalized spacial score (nSPS) is 10.5. The molecule has 3 N–H and O–H groups in total. The highest BCUT2D eigenvalue weighted by molar-refractivity contribution is 5.34. The van der Waals surface area contributed by atoms with Crippen molar-refractivity contribution in [3.8, 4) is 0 Å². The van der Waals surface area contributed by atoms with Crippen molar-refractivity contribution in [2.45, 2.75) is 6.54 Å². The van der Waals surface area contributed by atoms with E-state index in [1.54, 1.807) is 6.20 Å². The van der Waals surface area contributed by atoms with Crippen molar-refractivity contribution in [2.24, 2.45) is 0 Å². The summed E-state index contributed by atoms with van der Waals surface area (Å²) >= 11 is 0. The summed E-state index contributed by atoms with van der Waals surface area (Å²) in [5, 5.41) is 8.87. The third-order valence-corrected chi connectivity index (χ3v) is 2.04. The standard InChI is InChI=1S/C11H17N3O/c1-2-5-14(6-7-15)9-11-4-3-10(12)8-13-11/h2-4,8,15H,1,5-7,9,12H2. The lowest BCUT2D eigenvalue weighted by Gasteiger charge is -2.18. The van der Waals surface area contributed by atoms with Crippen LogP contribution in [0.25, 0.3) is 0 Å². The molecule has 4 nitrogen and oxygen atoms in total. The van der Waals surface area contributed by atoms with Crippen molar-refractivity contribution < 1.29 is 5.11 Å². The summed E-state index contributed by atoms with van der Waals surface area (Å²) in [7, 11) is 0. The molecule has 15 heavy (non-hydrogen) atoms. The van der Waals surface area contributed by atoms with Gasteiger partial charge in [-0.25, -0.2) is 0 Å². The topological polar surface area (TPSA) is 62.4 Å². The predicted octanol–water partition coefficient (Wildman–Crippen LogP) is 0.644. The van der Waals surface area contributed by atoms with Crippen LogP contribution < -0.4 is 5.73 Å². The van der Waals surface area contributed by atoms with E-state index in [9.17, 15) is 0 Å². The number of aliphatic hydroxyl groups is 1. The lowest BCUT2D eigenvalue weighted by atomic mass is 10.3. The van der Waals surface area contributed by atoms with Crippen LogP contribution in [0.1, 0.15) is 5.69 Å². The summed E-state index contributed by atoms with van der Waals surface area (Å²) < 4.78 is 0. The molecule has 82 valence electrons. The minimum Gasteiger partial charge on any atom is -0.397 e. The maximum atomic E-state index is 8.87. The molecule has 0 atom stereocenters. The first kappa shape index (κ1) is 11.7. The number of nitrogen functional groups attached to an aromatic ring is 1. The average Bonchev–Trinajstić information content (AvgIpc) is 2.22. The molecule has 0 saturated heterocycles. The van der Waals surface area contributed by atoms with Gasteiger partial charge in [0.15, 0.2) is 0 Å². The zero-order valence-corrected chi connectivity index (χ0v) is 8.76. The number of aliphatic hydroxyl groups excluding tert-OH is 1. The van der Waals surface area contributed by atoms with Crippen molar-refractivity contribution in [2.75, 3.05) is 25.4 Å². The molecule has 1 aromatic rings. The molecular weight excluding hydrogens is 190 g/mol. The fraction of sp³-hybridized carbons (Fsp3) is 0.364. The van der Waals surface area contributed by atoms with Crippen LogP contribution in [0.2, 0.25) is 0 Å². The SMILES string of the molecule is C=CCN(CCO)Cc1ccc(N)cn1. The molecule has 0 spiro atoms. The van der Waals surface area contributed by atoms with E-state index in [1.165, 1.54) is 0 Å². The Hall–Kier alpha value is -1.39. The lowest BCUT2D eigenvalue weighted by molar-refractivity contribution is 0.202. The van der Waals surface area contributed by atoms with Crippen molar-refractivity contribution in [3.63, 3.8) is 0 Å². The maximum absolute atomic E-state index is 8.87. The second-order valence-electron chi connectivity index (χ2n) is 3.33. The second kappa shape index (κ2) is 6.16. The first-order valence-electron chi connectivity index (χ1n) is 4.90. The molecule has 0 aliphatic heterocycles. The van der Waals surface area contributed by atoms with Gasteiger partial charge in [-0.15, -0.1) is 6.58 Å². The smallest absolute Gasteiger partial charge is 0.0558 e. The van der Waals surface area contributed by atoms with Gasteiger partial charge in [0.1, 0.15) is 0 Å². The minimum atomic E-state index is 0.142. The highest BCUT2D eigenvalue weighted by atomic mass is 16.3. The van der Waals surface area contributed by atoms with Gasteiger partial charge >= 0.3 is 0 Å². The second-order valence-corrected chi connectivity index (χ2v) is 3.33. The molecule has 4 heteroatoms. The van der Waals surface area contributed by atoms with Gasteiger partial charge in [0.25, 0.3) is 0 Å². The Labute approximate surface area is 90.0 Å². The van der Waals surface area contributed by atoms with Crippen LogP contribution in [-0.2, 0) is 6.54 Å². The van der Waals surface area contributed by atoms with Gasteiger partial charge in [0.2, 0.25) is 0 Å². The van der Waals surface area contributed by atoms with Crippen LogP contribution >= 0.6 is 0 Å². The van der Waals surface area contributed by atoms with Gasteiger partial charge in [-0.1, -0.05) is 6.08 Å². The monoisotopic (exact) mass is 207 g/mol. The number of aromatic nitrogens is 1. The van der Waals surface area contributed by atoms with Gasteiger partial charge < -0.3 is 10.8 Å². The lowest BCUT2D eigenvalue weighted by Crippen LogP contribution is -2.26. The Balaban J connectivity index is 2.56. The number of rotatable bonds is 6. The molecule has 0 fully saturated rings. The zero-order valence-electron chi connectivity index (χ0n) is 8.76. The number of anilines is 1. The van der Waals surface area contributed by atoms with E-state index in [0.717, 1.165) is 12.2 Å². The number of nitrogens with two attached hydrogens (primary N) is 1. The molecular formula is C11H17N3O. The summed E-state index contributed by atoms with van der Waals surface area (Å²) in [4.78, 5) is 6.26. The molecule has 0 aromatic carbocycles. The fourth-order valence-corrected chi connectivity index (χ4v) is 1.32. The molecule has 1 rings (SSSR count). The molecule has 0 aliphatic rings. The van der Waals surface area contributed by atoms with Crippen molar-refractivity contribution in [1.82, 2.24) is 9.88 Å². The Bertz CT molecular complexity index is 297. The number of hydrogen-bond acceptors (Lipinski definition) is 4. The van der Waals surface area contributed by atoms with Crippen LogP contribution in [0.3, 0.4) is 0 Å². The Morgan fingerprint density at radius 3 is 2.87 bits per heavy atom. The summed E-state index contributed by atoms with van der Waals surface area (Å²) in [5.41, 5.74) is 7.15. The summed E-state index contributed by atoms with van der Waals surface area (Å²) in [6.45, 7) is 5.88. The summed E-state index contributed by atoms with van der Waals surface area (Å²) in [6.07, 6.45) is 3.45. The Kier molecular flexibility index (Phi) is 4.80. The van der Waals surface area contributed by atoms with Crippen molar-refractivity contribution >= 4 is 5.69 Å². The molecule has 1 heterocycles. The van der Waals surface area contributed by atoms with Crippen LogP contribution in [-0.4, -0.2) is 34.7 Å². The van der Waals surface area contributed by atoms with Crippen LogP contribution in [0.5, 0.6) is 0 Å². The molecule has 0 aliphatic carbocycles. The molecule has 0 amide bonds. The van der Waals surface area contributed by atoms with Gasteiger partial charge in [0, 0.05) is 19.6 Å². The van der Waals surface area contributed by atoms with E-state index in [1.807, 2.05) is 18.2 Å². The zero-order chi connectivity index (χ0) is 11.1. The van der Waals surface area contributed by atoms with E-state index in [4.69, 9.17) is 10.8 Å². The fourth-order valence-electron chi connectivity index (χ4n) is 1.32. The van der Waals surface area contributed by atoms with E-state index in [-0.39, 0.29) is 6.61 Å². The maximum Gasteiger partial charge on any atom is 0.0558 e.